The van der Waals surface area contributed by atoms with Gasteiger partial charge in [-0.25, -0.2) is 4.98 Å². The maximum absolute atomic E-state index is 12.6. The van der Waals surface area contributed by atoms with Gasteiger partial charge in [-0.15, -0.1) is 0 Å². The Morgan fingerprint density at radius 3 is 2.81 bits per heavy atom. The molecule has 7 heteroatoms. The number of nitrogens with zero attached hydrogens (tertiary/aromatic N) is 2. The van der Waals surface area contributed by atoms with Crippen LogP contribution < -0.4 is 10.9 Å². The quantitative estimate of drug-likeness (QED) is 0.796. The lowest BCUT2D eigenvalue weighted by atomic mass is 10.1. The highest BCUT2D eigenvalue weighted by Gasteiger charge is 2.27. The molecule has 1 N–H and O–H groups in total. The Hall–Kier alpha value is -1.79. The summed E-state index contributed by atoms with van der Waals surface area (Å²) < 4.78 is 1.66. The van der Waals surface area contributed by atoms with E-state index in [1.165, 1.54) is 11.8 Å². The van der Waals surface area contributed by atoms with E-state index in [0.29, 0.717) is 30.3 Å². The van der Waals surface area contributed by atoms with Crippen LogP contribution in [-0.2, 0) is 24.2 Å². The van der Waals surface area contributed by atoms with Crippen LogP contribution in [0.15, 0.2) is 34.2 Å². The molecular formula is C19H22ClN3O2S. The number of nitrogens with one attached hydrogen (secondary N) is 1. The first-order valence-corrected chi connectivity index (χ1v) is 10.1. The number of hydrogen-bond acceptors (Lipinski definition) is 4. The number of rotatable bonds is 5. The SMILES string of the molecule is CCc1c(C)nc2n(c1=O)C[C@H](C(=O)NCCc1ccc(Cl)cc1)CS2. The number of aromatic nitrogens is 2. The Balaban J connectivity index is 1.62. The van der Waals surface area contributed by atoms with E-state index in [2.05, 4.69) is 10.3 Å². The minimum Gasteiger partial charge on any atom is -0.355 e. The third-order valence-electron chi connectivity index (χ3n) is 4.60. The van der Waals surface area contributed by atoms with Crippen LogP contribution in [0.2, 0.25) is 5.02 Å². The number of fused-ring (bicyclic) bond motifs is 1. The van der Waals surface area contributed by atoms with Crippen LogP contribution in [0.4, 0.5) is 0 Å². The molecule has 0 unspecified atom stereocenters. The van der Waals surface area contributed by atoms with E-state index in [-0.39, 0.29) is 17.4 Å². The first-order chi connectivity index (χ1) is 12.5. The normalized spacial score (nSPS) is 16.2. The number of thioether (sulfide) groups is 1. The molecule has 5 nitrogen and oxygen atoms in total. The second-order valence-corrected chi connectivity index (χ2v) is 7.83. The van der Waals surface area contributed by atoms with Gasteiger partial charge in [0.2, 0.25) is 5.91 Å². The molecule has 0 fully saturated rings. The van der Waals surface area contributed by atoms with Gasteiger partial charge < -0.3 is 5.32 Å². The summed E-state index contributed by atoms with van der Waals surface area (Å²) >= 11 is 7.36. The standard InChI is InChI=1S/C19H22ClN3O2S/c1-3-16-12(2)22-19-23(18(16)25)10-14(11-26-19)17(24)21-9-8-13-4-6-15(20)7-5-13/h4-7,14H,3,8-11H2,1-2H3,(H,21,24)/t14-/m0/s1. The lowest BCUT2D eigenvalue weighted by Crippen LogP contribution is -2.41. The van der Waals surface area contributed by atoms with Crippen molar-refractivity contribution >= 4 is 29.3 Å². The number of amides is 1. The van der Waals surface area contributed by atoms with Gasteiger partial charge in [0.25, 0.3) is 5.56 Å². The second kappa shape index (κ2) is 8.27. The monoisotopic (exact) mass is 391 g/mol. The summed E-state index contributed by atoms with van der Waals surface area (Å²) in [4.78, 5) is 29.7. The third kappa shape index (κ3) is 4.13. The summed E-state index contributed by atoms with van der Waals surface area (Å²) in [5.41, 5.74) is 2.64. The number of carbonyl (C=O) groups excluding carboxylic acids is 1. The molecule has 1 aliphatic rings. The van der Waals surface area contributed by atoms with Crippen LogP contribution in [-0.4, -0.2) is 27.8 Å². The molecule has 3 rings (SSSR count). The molecule has 1 amide bonds. The fourth-order valence-corrected chi connectivity index (χ4v) is 4.33. The maximum atomic E-state index is 12.6. The number of benzene rings is 1. The highest BCUT2D eigenvalue weighted by atomic mass is 35.5. The van der Waals surface area contributed by atoms with Gasteiger partial charge in [-0.05, 0) is 37.5 Å². The molecule has 2 aromatic rings. The molecule has 0 radical (unpaired) electrons. The first-order valence-electron chi connectivity index (χ1n) is 8.74. The smallest absolute Gasteiger partial charge is 0.257 e. The van der Waals surface area contributed by atoms with Crippen LogP contribution in [0.5, 0.6) is 0 Å². The molecule has 0 aliphatic carbocycles. The fourth-order valence-electron chi connectivity index (χ4n) is 3.09. The van der Waals surface area contributed by atoms with E-state index in [9.17, 15) is 9.59 Å². The van der Waals surface area contributed by atoms with Gasteiger partial charge in [-0.1, -0.05) is 42.4 Å². The zero-order chi connectivity index (χ0) is 18.7. The van der Waals surface area contributed by atoms with Crippen LogP contribution in [0.25, 0.3) is 0 Å². The summed E-state index contributed by atoms with van der Waals surface area (Å²) in [6, 6.07) is 7.61. The largest absolute Gasteiger partial charge is 0.355 e. The van der Waals surface area contributed by atoms with Crippen molar-refractivity contribution in [1.82, 2.24) is 14.9 Å². The van der Waals surface area contributed by atoms with Gasteiger partial charge in [0.15, 0.2) is 5.16 Å². The van der Waals surface area contributed by atoms with Gasteiger partial charge >= 0.3 is 0 Å². The van der Waals surface area contributed by atoms with E-state index >= 15 is 0 Å². The highest BCUT2D eigenvalue weighted by Crippen LogP contribution is 2.26. The molecule has 1 aromatic heterocycles. The Kier molecular flexibility index (Phi) is 6.04. The number of halogens is 1. The molecule has 1 aliphatic heterocycles. The van der Waals surface area contributed by atoms with Gasteiger partial charge in [0.1, 0.15) is 0 Å². The third-order valence-corrected chi connectivity index (χ3v) is 5.99. The minimum atomic E-state index is -0.218. The summed E-state index contributed by atoms with van der Waals surface area (Å²) in [7, 11) is 0. The zero-order valence-electron chi connectivity index (χ0n) is 14.9. The Labute approximate surface area is 162 Å². The van der Waals surface area contributed by atoms with E-state index in [1.807, 2.05) is 38.1 Å². The lowest BCUT2D eigenvalue weighted by Gasteiger charge is -2.25. The Bertz CT molecular complexity index is 864. The predicted octanol–water partition coefficient (Wildman–Crippen LogP) is 2.85. The Morgan fingerprint density at radius 1 is 1.38 bits per heavy atom. The highest BCUT2D eigenvalue weighted by molar-refractivity contribution is 7.99. The summed E-state index contributed by atoms with van der Waals surface area (Å²) in [5, 5.41) is 4.41. The molecule has 2 heterocycles. The second-order valence-electron chi connectivity index (χ2n) is 6.40. The van der Waals surface area contributed by atoms with Crippen LogP contribution in [0.3, 0.4) is 0 Å². The topological polar surface area (TPSA) is 64.0 Å². The van der Waals surface area contributed by atoms with Gasteiger partial charge in [0, 0.05) is 35.1 Å². The molecule has 26 heavy (non-hydrogen) atoms. The molecule has 0 bridgehead atoms. The van der Waals surface area contributed by atoms with E-state index in [0.717, 1.165) is 28.4 Å². The molecule has 138 valence electrons. The molecule has 1 aromatic carbocycles. The number of hydrogen-bond donors (Lipinski definition) is 1. The average molecular weight is 392 g/mol. The molecule has 1 atom stereocenters. The van der Waals surface area contributed by atoms with E-state index in [4.69, 9.17) is 11.6 Å². The predicted molar refractivity (Wildman–Crippen MR) is 105 cm³/mol. The van der Waals surface area contributed by atoms with Crippen molar-refractivity contribution in [2.24, 2.45) is 5.92 Å². The van der Waals surface area contributed by atoms with Crippen molar-refractivity contribution < 1.29 is 4.79 Å². The average Bonchev–Trinajstić information content (AvgIpc) is 2.63. The molecule has 0 saturated carbocycles. The van der Waals surface area contributed by atoms with Crippen molar-refractivity contribution in [3.8, 4) is 0 Å². The maximum Gasteiger partial charge on any atom is 0.257 e. The fraction of sp³-hybridized carbons (Fsp3) is 0.421. The van der Waals surface area contributed by atoms with Crippen molar-refractivity contribution in [3.63, 3.8) is 0 Å². The summed E-state index contributed by atoms with van der Waals surface area (Å²) in [6.07, 6.45) is 1.40. The number of aryl methyl sites for hydroxylation is 1. The van der Waals surface area contributed by atoms with Gasteiger partial charge in [-0.2, -0.15) is 0 Å². The first kappa shape index (κ1) is 19.0. The van der Waals surface area contributed by atoms with Crippen molar-refractivity contribution in [2.45, 2.75) is 38.4 Å². The van der Waals surface area contributed by atoms with Crippen molar-refractivity contribution in [3.05, 3.63) is 56.5 Å². The summed E-state index contributed by atoms with van der Waals surface area (Å²) in [6.45, 7) is 4.79. The summed E-state index contributed by atoms with van der Waals surface area (Å²) in [5.74, 6) is 0.414. The number of carbonyl (C=O) groups is 1. The lowest BCUT2D eigenvalue weighted by molar-refractivity contribution is -0.124. The van der Waals surface area contributed by atoms with Crippen molar-refractivity contribution in [2.75, 3.05) is 12.3 Å². The van der Waals surface area contributed by atoms with Crippen LogP contribution in [0.1, 0.15) is 23.7 Å². The van der Waals surface area contributed by atoms with Crippen molar-refractivity contribution in [1.29, 1.82) is 0 Å². The van der Waals surface area contributed by atoms with Gasteiger partial charge in [-0.3, -0.25) is 14.2 Å². The van der Waals surface area contributed by atoms with Crippen LogP contribution >= 0.6 is 23.4 Å². The molecule has 0 saturated heterocycles. The van der Waals surface area contributed by atoms with E-state index in [1.54, 1.807) is 4.57 Å². The molecule has 0 spiro atoms. The zero-order valence-corrected chi connectivity index (χ0v) is 16.5. The minimum absolute atomic E-state index is 0.0114. The Morgan fingerprint density at radius 2 is 2.12 bits per heavy atom. The molecular weight excluding hydrogens is 370 g/mol. The van der Waals surface area contributed by atoms with Crippen LogP contribution in [0, 0.1) is 12.8 Å². The van der Waals surface area contributed by atoms with Gasteiger partial charge in [0.05, 0.1) is 5.92 Å². The van der Waals surface area contributed by atoms with E-state index < -0.39 is 0 Å².